The molecule has 4 rings (SSSR count). The maximum atomic E-state index is 12.6. The monoisotopic (exact) mass is 430 g/mol. The van der Waals surface area contributed by atoms with Gasteiger partial charge in [-0.2, -0.15) is 0 Å². The molecule has 2 aliphatic rings. The maximum absolute atomic E-state index is 12.6. The van der Waals surface area contributed by atoms with E-state index in [4.69, 9.17) is 9.47 Å². The van der Waals surface area contributed by atoms with Crippen LogP contribution in [-0.4, -0.2) is 73.7 Å². The number of aromatic hydroxyl groups is 2. The summed E-state index contributed by atoms with van der Waals surface area (Å²) in [6, 6.07) is 9.07. The number of aliphatic hydroxyl groups excluding tert-OH is 4. The average Bonchev–Trinajstić information content (AvgIpc) is 2.74. The molecule has 1 saturated heterocycles. The molecule has 2 aromatic carbocycles. The Bertz CT molecular complexity index is 1010. The fourth-order valence-electron chi connectivity index (χ4n) is 3.80. The van der Waals surface area contributed by atoms with E-state index in [9.17, 15) is 35.4 Å². The van der Waals surface area contributed by atoms with Crippen LogP contribution < -0.4 is 4.74 Å². The molecule has 0 aromatic heterocycles. The Morgan fingerprint density at radius 3 is 2.39 bits per heavy atom. The summed E-state index contributed by atoms with van der Waals surface area (Å²) in [5.41, 5.74) is 2.03. The molecule has 6 N–H and O–H groups in total. The van der Waals surface area contributed by atoms with Crippen molar-refractivity contribution in [2.24, 2.45) is 0 Å². The third-order valence-corrected chi connectivity index (χ3v) is 5.44. The van der Waals surface area contributed by atoms with E-state index in [2.05, 4.69) is 0 Å². The van der Waals surface area contributed by atoms with Crippen molar-refractivity contribution in [2.75, 3.05) is 6.61 Å². The maximum Gasteiger partial charge on any atom is 0.229 e. The molecule has 0 spiro atoms. The number of fused-ring (bicyclic) bond motifs is 1. The van der Waals surface area contributed by atoms with E-state index in [-0.39, 0.29) is 28.6 Å². The third kappa shape index (κ3) is 4.01. The standard InChI is InChI=1S/C22H22O9/c23-9-17-19(27)20(28)21(29)22(31-17)30-14-6-12-5-11(10-1-3-13(24)4-2-10)7-15(25)18(12)16(26)8-14/h1-4,6-8,17,19-24,26-29H,5,9H2/t17-,19-,20+,21-,22-/m1/s1. The number of benzene rings is 2. The number of carbonyl (C=O) groups is 1. The SMILES string of the molecule is O=C1C=C(c2ccc(O)cc2)Cc2cc(O[C@@H]3O[C@H](CO)[C@@H](O)[C@H](O)[C@H]3O)cc(O)c21. The largest absolute Gasteiger partial charge is 0.508 e. The first kappa shape index (κ1) is 21.3. The summed E-state index contributed by atoms with van der Waals surface area (Å²) in [7, 11) is 0. The second-order valence-corrected chi connectivity index (χ2v) is 7.55. The average molecular weight is 430 g/mol. The van der Waals surface area contributed by atoms with E-state index >= 15 is 0 Å². The highest BCUT2D eigenvalue weighted by Gasteiger charge is 2.44. The minimum atomic E-state index is -1.61. The summed E-state index contributed by atoms with van der Waals surface area (Å²) >= 11 is 0. The van der Waals surface area contributed by atoms with Gasteiger partial charge in [-0.1, -0.05) is 12.1 Å². The summed E-state index contributed by atoms with van der Waals surface area (Å²) in [5, 5.41) is 59.1. The van der Waals surface area contributed by atoms with Crippen LogP contribution in [0.15, 0.2) is 42.5 Å². The van der Waals surface area contributed by atoms with Crippen molar-refractivity contribution >= 4 is 11.4 Å². The van der Waals surface area contributed by atoms with E-state index in [1.807, 2.05) is 0 Å². The number of carbonyl (C=O) groups excluding carboxylic acids is 1. The van der Waals surface area contributed by atoms with Crippen LogP contribution in [0.5, 0.6) is 17.2 Å². The van der Waals surface area contributed by atoms with Gasteiger partial charge in [0.15, 0.2) is 5.78 Å². The number of phenolic OH excluding ortho intramolecular Hbond substituents is 2. The van der Waals surface area contributed by atoms with Crippen LogP contribution in [0.3, 0.4) is 0 Å². The molecule has 0 radical (unpaired) electrons. The van der Waals surface area contributed by atoms with E-state index in [1.165, 1.54) is 30.3 Å². The minimum absolute atomic E-state index is 0.0698. The lowest BCUT2D eigenvalue weighted by Gasteiger charge is -2.39. The third-order valence-electron chi connectivity index (χ3n) is 5.44. The highest BCUT2D eigenvalue weighted by atomic mass is 16.7. The van der Waals surface area contributed by atoms with Crippen LogP contribution in [0.25, 0.3) is 5.57 Å². The van der Waals surface area contributed by atoms with Gasteiger partial charge in [-0.05, 0) is 47.4 Å². The predicted octanol–water partition coefficient (Wildman–Crippen LogP) is 0.0989. The Morgan fingerprint density at radius 1 is 1.00 bits per heavy atom. The zero-order chi connectivity index (χ0) is 22.3. The van der Waals surface area contributed by atoms with E-state index < -0.39 is 37.3 Å². The smallest absolute Gasteiger partial charge is 0.229 e. The first-order valence-electron chi connectivity index (χ1n) is 9.66. The number of ketones is 1. The molecule has 1 aliphatic carbocycles. The Labute approximate surface area is 177 Å². The highest BCUT2D eigenvalue weighted by Crippen LogP contribution is 2.37. The van der Waals surface area contributed by atoms with Gasteiger partial charge in [0.1, 0.15) is 41.7 Å². The molecule has 0 unspecified atom stereocenters. The lowest BCUT2D eigenvalue weighted by molar-refractivity contribution is -0.277. The van der Waals surface area contributed by atoms with Gasteiger partial charge in [-0.15, -0.1) is 0 Å². The molecule has 2 aromatic rings. The van der Waals surface area contributed by atoms with Gasteiger partial charge >= 0.3 is 0 Å². The summed E-state index contributed by atoms with van der Waals surface area (Å²) in [6.45, 7) is -0.602. The zero-order valence-electron chi connectivity index (χ0n) is 16.3. The molecular weight excluding hydrogens is 408 g/mol. The first-order valence-corrected chi connectivity index (χ1v) is 9.66. The minimum Gasteiger partial charge on any atom is -0.508 e. The van der Waals surface area contributed by atoms with Crippen LogP contribution in [0, 0.1) is 0 Å². The quantitative estimate of drug-likeness (QED) is 0.396. The predicted molar refractivity (Wildman–Crippen MR) is 107 cm³/mol. The molecule has 0 amide bonds. The highest BCUT2D eigenvalue weighted by molar-refractivity contribution is 6.13. The summed E-state index contributed by atoms with van der Waals surface area (Å²) in [4.78, 5) is 12.6. The van der Waals surface area contributed by atoms with Crippen molar-refractivity contribution in [2.45, 2.75) is 37.1 Å². The number of phenols is 2. The number of ether oxygens (including phenoxy) is 2. The lowest BCUT2D eigenvalue weighted by Crippen LogP contribution is -2.60. The van der Waals surface area contributed by atoms with Crippen LogP contribution in [0.4, 0.5) is 0 Å². The van der Waals surface area contributed by atoms with Crippen molar-refractivity contribution in [3.63, 3.8) is 0 Å². The van der Waals surface area contributed by atoms with Gasteiger partial charge in [-0.3, -0.25) is 4.79 Å². The molecule has 31 heavy (non-hydrogen) atoms. The van der Waals surface area contributed by atoms with Crippen LogP contribution in [-0.2, 0) is 11.2 Å². The number of hydrogen-bond acceptors (Lipinski definition) is 9. The molecule has 9 heteroatoms. The van der Waals surface area contributed by atoms with Crippen molar-refractivity contribution < 1.29 is 44.9 Å². The van der Waals surface area contributed by atoms with Gasteiger partial charge < -0.3 is 40.1 Å². The van der Waals surface area contributed by atoms with Crippen molar-refractivity contribution in [3.8, 4) is 17.2 Å². The molecule has 0 bridgehead atoms. The zero-order valence-corrected chi connectivity index (χ0v) is 16.3. The first-order chi connectivity index (χ1) is 14.8. The molecule has 9 nitrogen and oxygen atoms in total. The molecular formula is C22H22O9. The molecule has 5 atom stereocenters. The van der Waals surface area contributed by atoms with E-state index in [0.717, 1.165) is 5.56 Å². The van der Waals surface area contributed by atoms with Crippen LogP contribution >= 0.6 is 0 Å². The number of rotatable bonds is 4. The van der Waals surface area contributed by atoms with Gasteiger partial charge in [-0.25, -0.2) is 0 Å². The lowest BCUT2D eigenvalue weighted by atomic mass is 9.86. The normalized spacial score (nSPS) is 28.1. The fourth-order valence-corrected chi connectivity index (χ4v) is 3.80. The van der Waals surface area contributed by atoms with Crippen LogP contribution in [0.1, 0.15) is 21.5 Å². The summed E-state index contributed by atoms with van der Waals surface area (Å²) in [6.07, 6.45) is -5.57. The molecule has 1 heterocycles. The van der Waals surface area contributed by atoms with Crippen molar-refractivity contribution in [1.29, 1.82) is 0 Å². The van der Waals surface area contributed by atoms with Gasteiger partial charge in [0.25, 0.3) is 0 Å². The molecule has 0 saturated carbocycles. The Hall–Kier alpha value is -2.95. The van der Waals surface area contributed by atoms with Crippen LogP contribution in [0.2, 0.25) is 0 Å². The summed E-state index contributed by atoms with van der Waals surface area (Å²) in [5.74, 6) is -0.538. The Balaban J connectivity index is 1.61. The fraction of sp³-hybridized carbons (Fsp3) is 0.318. The second-order valence-electron chi connectivity index (χ2n) is 7.55. The van der Waals surface area contributed by atoms with Gasteiger partial charge in [0.05, 0.1) is 12.2 Å². The van der Waals surface area contributed by atoms with Gasteiger partial charge in [0.2, 0.25) is 6.29 Å². The van der Waals surface area contributed by atoms with Gasteiger partial charge in [0, 0.05) is 6.07 Å². The topological polar surface area (TPSA) is 157 Å². The second kappa shape index (κ2) is 8.29. The molecule has 1 fully saturated rings. The Morgan fingerprint density at radius 2 is 1.71 bits per heavy atom. The number of hydrogen-bond donors (Lipinski definition) is 6. The number of aliphatic hydroxyl groups is 4. The van der Waals surface area contributed by atoms with E-state index in [0.29, 0.717) is 17.6 Å². The van der Waals surface area contributed by atoms with Crippen molar-refractivity contribution in [3.05, 3.63) is 59.2 Å². The summed E-state index contributed by atoms with van der Waals surface area (Å²) < 4.78 is 10.9. The van der Waals surface area contributed by atoms with Crippen molar-refractivity contribution in [1.82, 2.24) is 0 Å². The van der Waals surface area contributed by atoms with E-state index in [1.54, 1.807) is 12.1 Å². The Kier molecular flexibility index (Phi) is 5.69. The molecule has 1 aliphatic heterocycles. The molecule has 164 valence electrons. The number of allylic oxidation sites excluding steroid dienone is 2.